The van der Waals surface area contributed by atoms with Crippen molar-refractivity contribution in [2.24, 2.45) is 5.16 Å². The van der Waals surface area contributed by atoms with Gasteiger partial charge in [0.05, 0.1) is 5.41 Å². The van der Waals surface area contributed by atoms with E-state index >= 15 is 0 Å². The van der Waals surface area contributed by atoms with E-state index in [1.807, 2.05) is 14.0 Å². The van der Waals surface area contributed by atoms with Gasteiger partial charge in [0.25, 0.3) is 0 Å². The standard InChI is InChI=1S/C17H24N2O/c1-6-7-8-13-9-10-15-14(11-13)17(3,4)16(19(15)5)12(2)18-20/h9-11H,6-8H2,1-5H3/p+1. The molecule has 3 heteroatoms. The first-order valence-corrected chi connectivity index (χ1v) is 7.37. The van der Waals surface area contributed by atoms with Crippen LogP contribution in [0.1, 0.15) is 51.7 Å². The largest absolute Gasteiger partial charge is 0.410 e. The van der Waals surface area contributed by atoms with E-state index in [0.717, 1.165) is 12.1 Å². The second kappa shape index (κ2) is 5.39. The van der Waals surface area contributed by atoms with Gasteiger partial charge in [-0.2, -0.15) is 4.58 Å². The van der Waals surface area contributed by atoms with Gasteiger partial charge >= 0.3 is 0 Å². The summed E-state index contributed by atoms with van der Waals surface area (Å²) in [5.41, 5.74) is 5.57. The highest BCUT2D eigenvalue weighted by Crippen LogP contribution is 2.40. The van der Waals surface area contributed by atoms with Crippen LogP contribution in [0.4, 0.5) is 5.69 Å². The lowest BCUT2D eigenvalue weighted by molar-refractivity contribution is -0.400. The van der Waals surface area contributed by atoms with Gasteiger partial charge in [-0.25, -0.2) is 0 Å². The highest BCUT2D eigenvalue weighted by molar-refractivity contribution is 6.43. The van der Waals surface area contributed by atoms with Crippen molar-refractivity contribution in [3.63, 3.8) is 0 Å². The lowest BCUT2D eigenvalue weighted by Crippen LogP contribution is -2.34. The minimum absolute atomic E-state index is 0.122. The molecule has 20 heavy (non-hydrogen) atoms. The topological polar surface area (TPSA) is 35.6 Å². The molecule has 1 N–H and O–H groups in total. The van der Waals surface area contributed by atoms with Crippen LogP contribution in [0.2, 0.25) is 0 Å². The van der Waals surface area contributed by atoms with Gasteiger partial charge in [-0.05, 0) is 45.2 Å². The SMILES string of the molecule is CCCCc1ccc2c(c1)C(C)(C)C(C(C)=NO)=[N+]2C. The Balaban J connectivity index is 2.49. The van der Waals surface area contributed by atoms with Crippen molar-refractivity contribution in [1.82, 2.24) is 0 Å². The summed E-state index contributed by atoms with van der Waals surface area (Å²) < 4.78 is 2.15. The fourth-order valence-corrected chi connectivity index (χ4v) is 3.32. The highest BCUT2D eigenvalue weighted by Gasteiger charge is 2.45. The Hall–Kier alpha value is -1.64. The molecule has 1 aromatic rings. The Kier molecular flexibility index (Phi) is 3.98. The smallest absolute Gasteiger partial charge is 0.216 e. The highest BCUT2D eigenvalue weighted by atomic mass is 16.4. The van der Waals surface area contributed by atoms with E-state index in [1.165, 1.54) is 29.7 Å². The van der Waals surface area contributed by atoms with Crippen LogP contribution in [0.3, 0.4) is 0 Å². The lowest BCUT2D eigenvalue weighted by Gasteiger charge is -2.17. The molecule has 0 spiro atoms. The number of unbranched alkanes of at least 4 members (excludes halogenated alkanes) is 1. The molecule has 1 aliphatic heterocycles. The molecule has 3 nitrogen and oxygen atoms in total. The van der Waals surface area contributed by atoms with Gasteiger partial charge in [0.1, 0.15) is 12.8 Å². The second-order valence-electron chi connectivity index (χ2n) is 6.17. The Morgan fingerprint density at radius 2 is 2.05 bits per heavy atom. The van der Waals surface area contributed by atoms with Crippen LogP contribution in [0, 0.1) is 0 Å². The van der Waals surface area contributed by atoms with Crippen molar-refractivity contribution in [2.45, 2.75) is 52.4 Å². The second-order valence-corrected chi connectivity index (χ2v) is 6.17. The summed E-state index contributed by atoms with van der Waals surface area (Å²) in [4.78, 5) is 0. The first kappa shape index (κ1) is 14.8. The van der Waals surface area contributed by atoms with Crippen molar-refractivity contribution in [1.29, 1.82) is 0 Å². The third-order valence-corrected chi connectivity index (χ3v) is 4.33. The van der Waals surface area contributed by atoms with Gasteiger partial charge in [-0.1, -0.05) is 24.6 Å². The van der Waals surface area contributed by atoms with E-state index in [4.69, 9.17) is 5.21 Å². The number of aryl methyl sites for hydroxylation is 1. The fourth-order valence-electron chi connectivity index (χ4n) is 3.32. The predicted octanol–water partition coefficient (Wildman–Crippen LogP) is 3.89. The van der Waals surface area contributed by atoms with E-state index in [2.05, 4.69) is 48.7 Å². The molecule has 1 aromatic carbocycles. The van der Waals surface area contributed by atoms with Crippen molar-refractivity contribution >= 4 is 17.1 Å². The molecule has 0 amide bonds. The van der Waals surface area contributed by atoms with Crippen LogP contribution in [0.5, 0.6) is 0 Å². The third kappa shape index (κ3) is 2.26. The van der Waals surface area contributed by atoms with Gasteiger partial charge in [0.2, 0.25) is 11.4 Å². The van der Waals surface area contributed by atoms with Crippen molar-refractivity contribution < 1.29 is 9.78 Å². The molecule has 1 aliphatic rings. The summed E-state index contributed by atoms with van der Waals surface area (Å²) in [5, 5.41) is 12.5. The average molecular weight is 273 g/mol. The Morgan fingerprint density at radius 1 is 1.35 bits per heavy atom. The van der Waals surface area contributed by atoms with E-state index in [0.29, 0.717) is 5.71 Å². The van der Waals surface area contributed by atoms with Crippen LogP contribution in [-0.4, -0.2) is 28.3 Å². The number of hydrogen-bond donors (Lipinski definition) is 1. The number of benzene rings is 1. The molecule has 0 bridgehead atoms. The van der Waals surface area contributed by atoms with Crippen LogP contribution >= 0.6 is 0 Å². The zero-order valence-corrected chi connectivity index (χ0v) is 13.2. The molecule has 0 aromatic heterocycles. The van der Waals surface area contributed by atoms with Crippen LogP contribution < -0.4 is 0 Å². The van der Waals surface area contributed by atoms with Gasteiger partial charge < -0.3 is 5.21 Å². The molecule has 0 saturated carbocycles. The molecule has 0 atom stereocenters. The minimum Gasteiger partial charge on any atom is -0.410 e. The molecule has 0 radical (unpaired) electrons. The molecule has 0 aliphatic carbocycles. The molecule has 2 rings (SSSR count). The van der Waals surface area contributed by atoms with Gasteiger partial charge in [0.15, 0.2) is 0 Å². The summed E-state index contributed by atoms with van der Waals surface area (Å²) in [5.74, 6) is 0. The maximum atomic E-state index is 9.14. The number of rotatable bonds is 4. The molecular formula is C17H25N2O+. The average Bonchev–Trinajstić information content (AvgIpc) is 2.63. The monoisotopic (exact) mass is 273 g/mol. The number of hydrogen-bond acceptors (Lipinski definition) is 2. The zero-order valence-electron chi connectivity index (χ0n) is 13.2. The maximum absolute atomic E-state index is 9.14. The van der Waals surface area contributed by atoms with Crippen LogP contribution in [0.25, 0.3) is 0 Å². The number of fused-ring (bicyclic) bond motifs is 1. The third-order valence-electron chi connectivity index (χ3n) is 4.33. The summed E-state index contributed by atoms with van der Waals surface area (Å²) in [6.45, 7) is 8.47. The molecule has 0 fully saturated rings. The van der Waals surface area contributed by atoms with E-state index in [-0.39, 0.29) is 5.41 Å². The lowest BCUT2D eigenvalue weighted by atomic mass is 9.79. The van der Waals surface area contributed by atoms with Crippen molar-refractivity contribution in [2.75, 3.05) is 7.05 Å². The number of oxime groups is 1. The van der Waals surface area contributed by atoms with Crippen molar-refractivity contribution in [3.05, 3.63) is 29.3 Å². The van der Waals surface area contributed by atoms with Crippen LogP contribution in [0.15, 0.2) is 23.4 Å². The van der Waals surface area contributed by atoms with E-state index in [9.17, 15) is 0 Å². The van der Waals surface area contributed by atoms with Gasteiger partial charge in [-0.3, -0.25) is 0 Å². The first-order valence-electron chi connectivity index (χ1n) is 7.37. The van der Waals surface area contributed by atoms with Gasteiger partial charge in [-0.15, -0.1) is 0 Å². The fraction of sp³-hybridized carbons (Fsp3) is 0.529. The summed E-state index contributed by atoms with van der Waals surface area (Å²) >= 11 is 0. The first-order chi connectivity index (χ1) is 9.43. The number of nitrogens with zero attached hydrogens (tertiary/aromatic N) is 2. The van der Waals surface area contributed by atoms with Gasteiger partial charge in [0, 0.05) is 11.6 Å². The van der Waals surface area contributed by atoms with E-state index < -0.39 is 0 Å². The Labute approximate surface area is 121 Å². The molecule has 108 valence electrons. The summed E-state index contributed by atoms with van der Waals surface area (Å²) in [6.07, 6.45) is 3.57. The quantitative estimate of drug-likeness (QED) is 0.384. The molecule has 0 unspecified atom stereocenters. The summed E-state index contributed by atoms with van der Waals surface area (Å²) in [6, 6.07) is 6.73. The Morgan fingerprint density at radius 3 is 2.65 bits per heavy atom. The normalized spacial score (nSPS) is 17.6. The van der Waals surface area contributed by atoms with Crippen molar-refractivity contribution in [3.8, 4) is 0 Å². The molecule has 1 heterocycles. The molecule has 0 saturated heterocycles. The maximum Gasteiger partial charge on any atom is 0.216 e. The minimum atomic E-state index is -0.122. The zero-order chi connectivity index (χ0) is 14.9. The summed E-state index contributed by atoms with van der Waals surface area (Å²) in [7, 11) is 2.04. The molecular weight excluding hydrogens is 248 g/mol. The predicted molar refractivity (Wildman–Crippen MR) is 83.8 cm³/mol. The Bertz CT molecular complexity index is 583. The van der Waals surface area contributed by atoms with Crippen LogP contribution in [-0.2, 0) is 11.8 Å². The van der Waals surface area contributed by atoms with E-state index in [1.54, 1.807) is 0 Å².